The van der Waals surface area contributed by atoms with Gasteiger partial charge in [-0.25, -0.2) is 4.79 Å². The first kappa shape index (κ1) is 12.5. The lowest BCUT2D eigenvalue weighted by Crippen LogP contribution is -2.04. The third kappa shape index (κ3) is 1.88. The normalized spacial score (nSPS) is 10.8. The lowest BCUT2D eigenvalue weighted by atomic mass is 9.99. The Hall–Kier alpha value is -2.55. The zero-order valence-corrected chi connectivity index (χ0v) is 11.1. The predicted molar refractivity (Wildman–Crippen MR) is 77.5 cm³/mol. The van der Waals surface area contributed by atoms with Crippen LogP contribution in [-0.2, 0) is 9.84 Å². The monoisotopic (exact) mass is 265 g/mol. The zero-order valence-electron chi connectivity index (χ0n) is 11.1. The van der Waals surface area contributed by atoms with Gasteiger partial charge in [0.1, 0.15) is 5.56 Å². The largest absolute Gasteiger partial charge is 0.462 e. The molecular weight excluding hydrogens is 252 g/mol. The van der Waals surface area contributed by atoms with Crippen LogP contribution in [0.15, 0.2) is 48.5 Å². The van der Waals surface area contributed by atoms with Gasteiger partial charge in [0.25, 0.3) is 0 Å². The van der Waals surface area contributed by atoms with Crippen LogP contribution in [0.4, 0.5) is 0 Å². The van der Waals surface area contributed by atoms with Crippen LogP contribution in [0.1, 0.15) is 17.3 Å². The van der Waals surface area contributed by atoms with Crippen molar-refractivity contribution in [3.63, 3.8) is 0 Å². The van der Waals surface area contributed by atoms with Gasteiger partial charge >= 0.3 is 5.97 Å². The van der Waals surface area contributed by atoms with E-state index < -0.39 is 5.97 Å². The highest BCUT2D eigenvalue weighted by molar-refractivity contribution is 6.12. The fourth-order valence-electron chi connectivity index (χ4n) is 2.43. The Morgan fingerprint density at radius 2 is 1.70 bits per heavy atom. The van der Waals surface area contributed by atoms with Gasteiger partial charge in [0.05, 0.1) is 6.61 Å². The minimum atomic E-state index is -0.562. The molecule has 3 aromatic rings. The number of ether oxygens (including phenoxy) is 1. The number of hydrogen-bond acceptors (Lipinski definition) is 2. The molecule has 0 amide bonds. The van der Waals surface area contributed by atoms with Crippen molar-refractivity contribution in [2.45, 2.75) is 6.92 Å². The summed E-state index contributed by atoms with van der Waals surface area (Å²) in [5.74, 6) is -0.834. The number of carbonyl (C=O) groups is 1. The Labute approximate surface area is 116 Å². The second-order valence-electron chi connectivity index (χ2n) is 4.54. The summed E-state index contributed by atoms with van der Waals surface area (Å²) in [6.07, 6.45) is 0. The van der Waals surface area contributed by atoms with Gasteiger partial charge < -0.3 is 4.74 Å². The van der Waals surface area contributed by atoms with Crippen molar-refractivity contribution in [3.05, 3.63) is 54.1 Å². The van der Waals surface area contributed by atoms with Crippen molar-refractivity contribution >= 4 is 27.5 Å². The van der Waals surface area contributed by atoms with Gasteiger partial charge in [-0.2, -0.15) is 0 Å². The standard InChI is InChI=1S/C17H13O3/c1-2-20-17(19)15-10-9-13-12-6-4-3-5-11(12)7-8-14(13)16(15)18/h3-10H,2H2,1H3. The molecule has 99 valence electrons. The maximum Gasteiger partial charge on any atom is 0.342 e. The summed E-state index contributed by atoms with van der Waals surface area (Å²) in [7, 11) is 0. The van der Waals surface area contributed by atoms with Crippen molar-refractivity contribution in [1.29, 1.82) is 0 Å². The molecule has 1 radical (unpaired) electrons. The van der Waals surface area contributed by atoms with Gasteiger partial charge in [0.2, 0.25) is 5.75 Å². The van der Waals surface area contributed by atoms with Crippen LogP contribution >= 0.6 is 0 Å². The highest BCUT2D eigenvalue weighted by atomic mass is 16.5. The van der Waals surface area contributed by atoms with Crippen LogP contribution in [0.5, 0.6) is 5.75 Å². The third-order valence-electron chi connectivity index (χ3n) is 3.37. The summed E-state index contributed by atoms with van der Waals surface area (Å²) in [5, 5.41) is 15.9. The molecule has 0 bridgehead atoms. The molecule has 0 aromatic heterocycles. The minimum absolute atomic E-state index is 0.0923. The molecule has 0 N–H and O–H groups in total. The Bertz CT molecular complexity index is 806. The lowest BCUT2D eigenvalue weighted by Gasteiger charge is -2.08. The van der Waals surface area contributed by atoms with Crippen LogP contribution in [0.3, 0.4) is 0 Å². The zero-order chi connectivity index (χ0) is 14.1. The maximum atomic E-state index is 12.4. The molecule has 0 aliphatic rings. The second-order valence-corrected chi connectivity index (χ2v) is 4.54. The van der Waals surface area contributed by atoms with E-state index in [1.165, 1.54) is 0 Å². The summed E-state index contributed by atoms with van der Waals surface area (Å²) >= 11 is 0. The van der Waals surface area contributed by atoms with Crippen molar-refractivity contribution in [1.82, 2.24) is 0 Å². The first-order chi connectivity index (χ1) is 9.72. The van der Waals surface area contributed by atoms with Crippen molar-refractivity contribution in [2.24, 2.45) is 0 Å². The highest BCUT2D eigenvalue weighted by Crippen LogP contribution is 2.34. The van der Waals surface area contributed by atoms with E-state index in [9.17, 15) is 9.90 Å². The summed E-state index contributed by atoms with van der Waals surface area (Å²) in [6.45, 7) is 1.98. The first-order valence-electron chi connectivity index (χ1n) is 6.51. The van der Waals surface area contributed by atoms with Gasteiger partial charge in [0, 0.05) is 5.39 Å². The molecule has 0 aliphatic carbocycles. The topological polar surface area (TPSA) is 46.2 Å². The average molecular weight is 265 g/mol. The van der Waals surface area contributed by atoms with E-state index in [0.29, 0.717) is 5.39 Å². The van der Waals surface area contributed by atoms with E-state index in [1.807, 2.05) is 36.4 Å². The van der Waals surface area contributed by atoms with Crippen molar-refractivity contribution in [3.8, 4) is 5.75 Å². The number of rotatable bonds is 2. The van der Waals surface area contributed by atoms with E-state index >= 15 is 0 Å². The second kappa shape index (κ2) is 4.85. The summed E-state index contributed by atoms with van der Waals surface area (Å²) in [6, 6.07) is 14.9. The third-order valence-corrected chi connectivity index (χ3v) is 3.37. The molecular formula is C17H13O3. The van der Waals surface area contributed by atoms with Gasteiger partial charge in [-0.3, -0.25) is 5.11 Å². The minimum Gasteiger partial charge on any atom is -0.462 e. The fourth-order valence-corrected chi connectivity index (χ4v) is 2.43. The molecule has 3 aromatic carbocycles. The highest BCUT2D eigenvalue weighted by Gasteiger charge is 2.17. The van der Waals surface area contributed by atoms with Crippen LogP contribution in [0.2, 0.25) is 0 Å². The predicted octanol–water partition coefficient (Wildman–Crippen LogP) is 4.31. The molecule has 0 atom stereocenters. The van der Waals surface area contributed by atoms with Gasteiger partial charge in [-0.15, -0.1) is 0 Å². The van der Waals surface area contributed by atoms with Gasteiger partial charge in [-0.05, 0) is 35.2 Å². The maximum absolute atomic E-state index is 12.4. The van der Waals surface area contributed by atoms with E-state index in [1.54, 1.807) is 19.1 Å². The SMILES string of the molecule is CCOC(=O)c1ccc2c(ccc3ccccc32)c1[O]. The van der Waals surface area contributed by atoms with E-state index in [0.717, 1.165) is 16.2 Å². The fraction of sp³-hybridized carbons (Fsp3) is 0.118. The molecule has 0 saturated carbocycles. The molecule has 3 nitrogen and oxygen atoms in total. The summed E-state index contributed by atoms with van der Waals surface area (Å²) < 4.78 is 4.91. The summed E-state index contributed by atoms with van der Waals surface area (Å²) in [4.78, 5) is 11.8. The molecule has 0 unspecified atom stereocenters. The van der Waals surface area contributed by atoms with Crippen LogP contribution < -0.4 is 0 Å². The molecule has 20 heavy (non-hydrogen) atoms. The van der Waals surface area contributed by atoms with E-state index in [-0.39, 0.29) is 17.9 Å². The number of benzene rings is 3. The molecule has 0 fully saturated rings. The lowest BCUT2D eigenvalue weighted by molar-refractivity contribution is 0.0521. The Balaban J connectivity index is 2.28. The number of fused-ring (bicyclic) bond motifs is 3. The molecule has 3 rings (SSSR count). The molecule has 0 spiro atoms. The number of carbonyl (C=O) groups excluding carboxylic acids is 1. The van der Waals surface area contributed by atoms with Crippen LogP contribution in [0, 0.1) is 0 Å². The van der Waals surface area contributed by atoms with Crippen LogP contribution in [-0.4, -0.2) is 12.6 Å². The summed E-state index contributed by atoms with van der Waals surface area (Å²) in [5.41, 5.74) is 0.0923. The van der Waals surface area contributed by atoms with Crippen LogP contribution in [0.25, 0.3) is 21.5 Å². The molecule has 0 heterocycles. The average Bonchev–Trinajstić information content (AvgIpc) is 2.47. The van der Waals surface area contributed by atoms with Crippen molar-refractivity contribution < 1.29 is 14.6 Å². The Kier molecular flexibility index (Phi) is 3.03. The van der Waals surface area contributed by atoms with Crippen molar-refractivity contribution in [2.75, 3.05) is 6.61 Å². The number of hydrogen-bond donors (Lipinski definition) is 0. The quantitative estimate of drug-likeness (QED) is 0.512. The molecule has 3 heteroatoms. The van der Waals surface area contributed by atoms with E-state index in [2.05, 4.69) is 0 Å². The number of esters is 1. The van der Waals surface area contributed by atoms with Gasteiger partial charge in [-0.1, -0.05) is 36.4 Å². The molecule has 0 aliphatic heterocycles. The molecule has 0 saturated heterocycles. The first-order valence-corrected chi connectivity index (χ1v) is 6.51. The smallest absolute Gasteiger partial charge is 0.342 e. The Morgan fingerprint density at radius 3 is 2.50 bits per heavy atom. The van der Waals surface area contributed by atoms with E-state index in [4.69, 9.17) is 4.74 Å². The Morgan fingerprint density at radius 1 is 0.950 bits per heavy atom. The van der Waals surface area contributed by atoms with Gasteiger partial charge in [0.15, 0.2) is 0 Å².